The van der Waals surface area contributed by atoms with Crippen LogP contribution in [0.4, 0.5) is 0 Å². The van der Waals surface area contributed by atoms with Crippen LogP contribution in [-0.4, -0.2) is 44.0 Å². The Kier molecular flexibility index (Phi) is 5.18. The fourth-order valence-corrected chi connectivity index (χ4v) is 1.67. The maximum Gasteiger partial charge on any atom is 0.332 e. The van der Waals surface area contributed by atoms with Gasteiger partial charge in [-0.15, -0.1) is 0 Å². The van der Waals surface area contributed by atoms with Gasteiger partial charge in [0.25, 0.3) is 0 Å². The van der Waals surface area contributed by atoms with E-state index in [1.165, 1.54) is 0 Å². The zero-order valence-corrected chi connectivity index (χ0v) is 10.0. The van der Waals surface area contributed by atoms with Crippen LogP contribution in [-0.2, 0) is 19.0 Å². The fraction of sp³-hybridized carbons (Fsp3) is 0.909. The van der Waals surface area contributed by atoms with Crippen molar-refractivity contribution < 1.29 is 19.0 Å². The van der Waals surface area contributed by atoms with E-state index in [-0.39, 0.29) is 18.7 Å². The third kappa shape index (κ3) is 4.08. The van der Waals surface area contributed by atoms with Crippen molar-refractivity contribution in [2.75, 3.05) is 26.4 Å². The molecule has 0 aromatic heterocycles. The Morgan fingerprint density at radius 2 is 2.31 bits per heavy atom. The number of carbonyl (C=O) groups excluding carboxylic acids is 1. The number of esters is 1. The first kappa shape index (κ1) is 13.4. The molecule has 0 aromatic carbocycles. The van der Waals surface area contributed by atoms with Gasteiger partial charge in [0, 0.05) is 13.2 Å². The Balaban J connectivity index is 2.35. The number of hydrogen-bond acceptors (Lipinski definition) is 5. The Hall–Kier alpha value is -0.650. The van der Waals surface area contributed by atoms with Crippen LogP contribution in [0.15, 0.2) is 0 Å². The normalized spacial score (nSPS) is 25.8. The van der Waals surface area contributed by atoms with Crippen LogP contribution in [0.2, 0.25) is 0 Å². The third-order valence-corrected chi connectivity index (χ3v) is 2.52. The van der Waals surface area contributed by atoms with Crippen molar-refractivity contribution in [1.29, 1.82) is 0 Å². The van der Waals surface area contributed by atoms with Crippen LogP contribution in [0.25, 0.3) is 0 Å². The third-order valence-electron chi connectivity index (χ3n) is 2.52. The minimum absolute atomic E-state index is 0.0568. The number of carbonyl (C=O) groups is 1. The van der Waals surface area contributed by atoms with Gasteiger partial charge in [-0.2, -0.15) is 0 Å². The SMILES string of the molecule is CC(C)OC(=O)COC1(CN)CCCOC1. The standard InChI is InChI=1S/C11H21NO4/c1-9(2)16-10(13)6-15-11(7-12)4-3-5-14-8-11/h9H,3-8,12H2,1-2H3. The molecular weight excluding hydrogens is 210 g/mol. The summed E-state index contributed by atoms with van der Waals surface area (Å²) in [5.74, 6) is -0.353. The zero-order chi connectivity index (χ0) is 12.0. The minimum atomic E-state index is -0.506. The van der Waals surface area contributed by atoms with Crippen molar-refractivity contribution in [3.8, 4) is 0 Å². The first-order valence-corrected chi connectivity index (χ1v) is 5.69. The first-order chi connectivity index (χ1) is 7.58. The molecule has 1 saturated heterocycles. The van der Waals surface area contributed by atoms with Crippen LogP contribution in [0, 0.1) is 0 Å². The summed E-state index contributed by atoms with van der Waals surface area (Å²) in [6.45, 7) is 5.11. The topological polar surface area (TPSA) is 70.8 Å². The van der Waals surface area contributed by atoms with E-state index < -0.39 is 5.60 Å². The lowest BCUT2D eigenvalue weighted by Gasteiger charge is -2.35. The Labute approximate surface area is 96.2 Å². The maximum absolute atomic E-state index is 11.3. The van der Waals surface area contributed by atoms with Gasteiger partial charge in [0.15, 0.2) is 0 Å². The number of rotatable bonds is 5. The Bertz CT molecular complexity index is 224. The molecule has 5 heteroatoms. The summed E-state index contributed by atoms with van der Waals surface area (Å²) in [4.78, 5) is 11.3. The molecule has 16 heavy (non-hydrogen) atoms. The molecule has 0 aliphatic carbocycles. The summed E-state index contributed by atoms with van der Waals surface area (Å²) in [7, 11) is 0. The molecule has 0 amide bonds. The molecule has 0 radical (unpaired) electrons. The predicted molar refractivity (Wildman–Crippen MR) is 59.0 cm³/mol. The van der Waals surface area contributed by atoms with E-state index in [2.05, 4.69) is 0 Å². The molecule has 1 unspecified atom stereocenters. The summed E-state index contributed by atoms with van der Waals surface area (Å²) in [6, 6.07) is 0. The molecule has 0 spiro atoms. The van der Waals surface area contributed by atoms with Crippen LogP contribution < -0.4 is 5.73 Å². The quantitative estimate of drug-likeness (QED) is 0.696. The molecule has 1 aliphatic heterocycles. The smallest absolute Gasteiger partial charge is 0.332 e. The monoisotopic (exact) mass is 231 g/mol. The van der Waals surface area contributed by atoms with E-state index in [1.54, 1.807) is 13.8 Å². The molecule has 1 rings (SSSR count). The van der Waals surface area contributed by atoms with Gasteiger partial charge < -0.3 is 19.9 Å². The highest BCUT2D eigenvalue weighted by Crippen LogP contribution is 2.22. The molecule has 94 valence electrons. The molecule has 1 fully saturated rings. The average molecular weight is 231 g/mol. The van der Waals surface area contributed by atoms with Gasteiger partial charge in [-0.25, -0.2) is 4.79 Å². The molecule has 1 aliphatic rings. The molecule has 1 atom stereocenters. The van der Waals surface area contributed by atoms with Gasteiger partial charge >= 0.3 is 5.97 Å². The van der Waals surface area contributed by atoms with Gasteiger partial charge in [0.2, 0.25) is 0 Å². The van der Waals surface area contributed by atoms with Crippen molar-refractivity contribution >= 4 is 5.97 Å². The summed E-state index contributed by atoms with van der Waals surface area (Å²) in [5.41, 5.74) is 5.16. The molecule has 1 heterocycles. The van der Waals surface area contributed by atoms with E-state index in [0.717, 1.165) is 19.4 Å². The molecule has 0 saturated carbocycles. The van der Waals surface area contributed by atoms with E-state index in [1.807, 2.05) is 0 Å². The van der Waals surface area contributed by atoms with Gasteiger partial charge in [-0.1, -0.05) is 0 Å². The van der Waals surface area contributed by atoms with E-state index >= 15 is 0 Å². The van der Waals surface area contributed by atoms with E-state index in [4.69, 9.17) is 19.9 Å². The molecule has 5 nitrogen and oxygen atoms in total. The van der Waals surface area contributed by atoms with Gasteiger partial charge in [0.05, 0.1) is 12.7 Å². The number of ether oxygens (including phenoxy) is 3. The Morgan fingerprint density at radius 1 is 1.56 bits per heavy atom. The van der Waals surface area contributed by atoms with Crippen LogP contribution in [0.1, 0.15) is 26.7 Å². The van der Waals surface area contributed by atoms with Crippen LogP contribution in [0.5, 0.6) is 0 Å². The van der Waals surface area contributed by atoms with Crippen molar-refractivity contribution in [3.05, 3.63) is 0 Å². The number of hydrogen-bond donors (Lipinski definition) is 1. The lowest BCUT2D eigenvalue weighted by atomic mass is 9.97. The van der Waals surface area contributed by atoms with Gasteiger partial charge in [-0.05, 0) is 26.7 Å². The summed E-state index contributed by atoms with van der Waals surface area (Å²) >= 11 is 0. The highest BCUT2D eigenvalue weighted by atomic mass is 16.6. The highest BCUT2D eigenvalue weighted by molar-refractivity contribution is 5.70. The number of nitrogens with two attached hydrogens (primary N) is 1. The first-order valence-electron chi connectivity index (χ1n) is 5.69. The lowest BCUT2D eigenvalue weighted by Crippen LogP contribution is -2.48. The van der Waals surface area contributed by atoms with Crippen molar-refractivity contribution in [2.45, 2.75) is 38.4 Å². The van der Waals surface area contributed by atoms with Crippen LogP contribution >= 0.6 is 0 Å². The molecule has 2 N–H and O–H groups in total. The lowest BCUT2D eigenvalue weighted by molar-refractivity contribution is -0.169. The van der Waals surface area contributed by atoms with Crippen molar-refractivity contribution in [1.82, 2.24) is 0 Å². The summed E-state index contributed by atoms with van der Waals surface area (Å²) in [5, 5.41) is 0. The minimum Gasteiger partial charge on any atom is -0.461 e. The Morgan fingerprint density at radius 3 is 2.81 bits per heavy atom. The summed E-state index contributed by atoms with van der Waals surface area (Å²) < 4.78 is 15.9. The zero-order valence-electron chi connectivity index (χ0n) is 10.0. The average Bonchev–Trinajstić information content (AvgIpc) is 2.27. The van der Waals surface area contributed by atoms with Crippen LogP contribution in [0.3, 0.4) is 0 Å². The van der Waals surface area contributed by atoms with Gasteiger partial charge in [0.1, 0.15) is 12.2 Å². The van der Waals surface area contributed by atoms with Crippen molar-refractivity contribution in [3.63, 3.8) is 0 Å². The predicted octanol–water partition coefficient (Wildman–Crippen LogP) is 0.463. The maximum atomic E-state index is 11.3. The second-order valence-electron chi connectivity index (χ2n) is 4.37. The highest BCUT2D eigenvalue weighted by Gasteiger charge is 2.33. The van der Waals surface area contributed by atoms with Gasteiger partial charge in [-0.3, -0.25) is 0 Å². The molecular formula is C11H21NO4. The second kappa shape index (κ2) is 6.18. The molecule has 0 aromatic rings. The largest absolute Gasteiger partial charge is 0.461 e. The molecule has 0 bridgehead atoms. The summed E-state index contributed by atoms with van der Waals surface area (Å²) in [6.07, 6.45) is 1.63. The fourth-order valence-electron chi connectivity index (χ4n) is 1.67. The van der Waals surface area contributed by atoms with E-state index in [0.29, 0.717) is 13.2 Å². The van der Waals surface area contributed by atoms with E-state index in [9.17, 15) is 4.79 Å². The van der Waals surface area contributed by atoms with Crippen molar-refractivity contribution in [2.24, 2.45) is 5.73 Å². The second-order valence-corrected chi connectivity index (χ2v) is 4.37.